The summed E-state index contributed by atoms with van der Waals surface area (Å²) in [5, 5.41) is 3.21. The van der Waals surface area contributed by atoms with Gasteiger partial charge in [-0.15, -0.1) is 0 Å². The highest BCUT2D eigenvalue weighted by molar-refractivity contribution is 5.72. The van der Waals surface area contributed by atoms with Gasteiger partial charge in [-0.3, -0.25) is 4.79 Å². The molecule has 1 amide bonds. The van der Waals surface area contributed by atoms with Gasteiger partial charge in [0.15, 0.2) is 0 Å². The van der Waals surface area contributed by atoms with Gasteiger partial charge in [0.05, 0.1) is 0 Å². The van der Waals surface area contributed by atoms with E-state index in [0.717, 1.165) is 13.1 Å². The van der Waals surface area contributed by atoms with E-state index < -0.39 is 0 Å². The second-order valence-corrected chi connectivity index (χ2v) is 9.23. The zero-order chi connectivity index (χ0) is 22.1. The SMILES string of the molecule is CC(=O)N(C)Cc1ccc2c(c1)CCCCC2.CNCc1ccc2c(c1)CCCCC2. The molecule has 4 rings (SSSR count). The molecule has 2 aromatic rings. The van der Waals surface area contributed by atoms with Gasteiger partial charge in [0, 0.05) is 27.1 Å². The number of nitrogens with one attached hydrogen (secondary N) is 1. The maximum Gasteiger partial charge on any atom is 0.219 e. The molecule has 0 heterocycles. The molecule has 0 aliphatic heterocycles. The Labute approximate surface area is 189 Å². The van der Waals surface area contributed by atoms with Crippen molar-refractivity contribution < 1.29 is 4.79 Å². The van der Waals surface area contributed by atoms with Crippen molar-refractivity contribution in [2.45, 2.75) is 84.2 Å². The van der Waals surface area contributed by atoms with Crippen LogP contribution in [0.1, 0.15) is 78.8 Å². The van der Waals surface area contributed by atoms with E-state index >= 15 is 0 Å². The summed E-state index contributed by atoms with van der Waals surface area (Å²) in [5.41, 5.74) is 8.86. The van der Waals surface area contributed by atoms with Crippen molar-refractivity contribution in [3.8, 4) is 0 Å². The van der Waals surface area contributed by atoms with E-state index in [4.69, 9.17) is 0 Å². The van der Waals surface area contributed by atoms with Crippen molar-refractivity contribution in [2.75, 3.05) is 14.1 Å². The predicted octanol–water partition coefficient (Wildman–Crippen LogP) is 5.61. The average Bonchev–Trinajstić information content (AvgIpc) is 3.14. The van der Waals surface area contributed by atoms with Crippen molar-refractivity contribution in [2.24, 2.45) is 0 Å². The number of hydrogen-bond acceptors (Lipinski definition) is 2. The molecule has 2 aromatic carbocycles. The molecule has 0 spiro atoms. The number of carbonyl (C=O) groups excluding carboxylic acids is 1. The normalized spacial score (nSPS) is 15.5. The minimum atomic E-state index is 0.125. The van der Waals surface area contributed by atoms with Crippen LogP contribution in [-0.4, -0.2) is 24.9 Å². The Hall–Kier alpha value is -2.13. The molecule has 2 aliphatic carbocycles. The van der Waals surface area contributed by atoms with Gasteiger partial charge in [0.1, 0.15) is 0 Å². The van der Waals surface area contributed by atoms with Gasteiger partial charge < -0.3 is 10.2 Å². The van der Waals surface area contributed by atoms with Gasteiger partial charge in [0.25, 0.3) is 0 Å². The van der Waals surface area contributed by atoms with E-state index in [1.165, 1.54) is 86.5 Å². The standard InChI is InChI=1S/C15H21NO.C13H19N/c1-12(17)16(2)11-13-8-9-14-6-4-3-5-7-15(14)10-13;1-14-10-11-7-8-12-5-3-2-4-6-13(12)9-11/h8-10H,3-7,11H2,1-2H3;7-9,14H,2-6,10H2,1H3. The summed E-state index contributed by atoms with van der Waals surface area (Å²) in [6.07, 6.45) is 13.1. The van der Waals surface area contributed by atoms with E-state index in [-0.39, 0.29) is 5.91 Å². The third-order valence-corrected chi connectivity index (χ3v) is 6.66. The lowest BCUT2D eigenvalue weighted by atomic mass is 10.00. The maximum absolute atomic E-state index is 11.2. The Morgan fingerprint density at radius 3 is 1.77 bits per heavy atom. The predicted molar refractivity (Wildman–Crippen MR) is 130 cm³/mol. The van der Waals surface area contributed by atoms with Crippen molar-refractivity contribution >= 4 is 5.91 Å². The summed E-state index contributed by atoms with van der Waals surface area (Å²) in [4.78, 5) is 13.0. The topological polar surface area (TPSA) is 32.3 Å². The van der Waals surface area contributed by atoms with Gasteiger partial charge in [-0.05, 0) is 91.8 Å². The highest BCUT2D eigenvalue weighted by atomic mass is 16.2. The molecular formula is C28H40N2O. The lowest BCUT2D eigenvalue weighted by Gasteiger charge is -2.16. The lowest BCUT2D eigenvalue weighted by molar-refractivity contribution is -0.128. The number of fused-ring (bicyclic) bond motifs is 2. The Morgan fingerprint density at radius 1 is 0.774 bits per heavy atom. The fourth-order valence-electron chi connectivity index (χ4n) is 4.72. The molecule has 1 N–H and O–H groups in total. The fourth-order valence-corrected chi connectivity index (χ4v) is 4.72. The first-order valence-electron chi connectivity index (χ1n) is 12.1. The molecule has 0 radical (unpaired) electrons. The molecule has 0 bridgehead atoms. The molecule has 2 aliphatic rings. The molecule has 0 unspecified atom stereocenters. The third-order valence-electron chi connectivity index (χ3n) is 6.66. The summed E-state index contributed by atoms with van der Waals surface area (Å²) in [6.45, 7) is 3.33. The van der Waals surface area contributed by atoms with Gasteiger partial charge >= 0.3 is 0 Å². The highest BCUT2D eigenvalue weighted by Crippen LogP contribution is 2.23. The van der Waals surface area contributed by atoms with E-state index in [1.54, 1.807) is 23.0 Å². The largest absolute Gasteiger partial charge is 0.342 e. The van der Waals surface area contributed by atoms with Crippen LogP contribution < -0.4 is 5.32 Å². The third kappa shape index (κ3) is 7.21. The second kappa shape index (κ2) is 12.0. The fraction of sp³-hybridized carbons (Fsp3) is 0.536. The van der Waals surface area contributed by atoms with E-state index in [2.05, 4.69) is 41.7 Å². The molecule has 0 fully saturated rings. The number of aryl methyl sites for hydroxylation is 4. The first kappa shape index (κ1) is 23.5. The number of hydrogen-bond donors (Lipinski definition) is 1. The van der Waals surface area contributed by atoms with Crippen molar-refractivity contribution in [3.63, 3.8) is 0 Å². The summed E-state index contributed by atoms with van der Waals surface area (Å²) in [5.74, 6) is 0.125. The van der Waals surface area contributed by atoms with Crippen LogP contribution in [0, 0.1) is 0 Å². The van der Waals surface area contributed by atoms with E-state index in [9.17, 15) is 4.79 Å². The molecule has 3 heteroatoms. The van der Waals surface area contributed by atoms with Gasteiger partial charge in [-0.2, -0.15) is 0 Å². The molecule has 0 saturated carbocycles. The monoisotopic (exact) mass is 420 g/mol. The maximum atomic E-state index is 11.2. The summed E-state index contributed by atoms with van der Waals surface area (Å²) in [7, 11) is 3.86. The minimum Gasteiger partial charge on any atom is -0.342 e. The number of nitrogens with zero attached hydrogens (tertiary/aromatic N) is 1. The zero-order valence-electron chi connectivity index (χ0n) is 19.8. The molecule has 168 valence electrons. The zero-order valence-corrected chi connectivity index (χ0v) is 19.8. The molecular weight excluding hydrogens is 380 g/mol. The number of benzene rings is 2. The van der Waals surface area contributed by atoms with Crippen LogP contribution in [0.15, 0.2) is 36.4 Å². The van der Waals surface area contributed by atoms with Crippen LogP contribution in [0.5, 0.6) is 0 Å². The van der Waals surface area contributed by atoms with Gasteiger partial charge in [-0.25, -0.2) is 0 Å². The first-order chi connectivity index (χ1) is 15.1. The Morgan fingerprint density at radius 2 is 1.26 bits per heavy atom. The molecule has 0 atom stereocenters. The van der Waals surface area contributed by atoms with Crippen LogP contribution >= 0.6 is 0 Å². The average molecular weight is 421 g/mol. The molecule has 0 saturated heterocycles. The number of amides is 1. The first-order valence-corrected chi connectivity index (χ1v) is 12.1. The van der Waals surface area contributed by atoms with Crippen molar-refractivity contribution in [3.05, 3.63) is 69.8 Å². The van der Waals surface area contributed by atoms with Crippen LogP contribution in [0.25, 0.3) is 0 Å². The summed E-state index contributed by atoms with van der Waals surface area (Å²) >= 11 is 0. The van der Waals surface area contributed by atoms with Gasteiger partial charge in [0.2, 0.25) is 5.91 Å². The quantitative estimate of drug-likeness (QED) is 0.652. The Kier molecular flexibility index (Phi) is 9.14. The molecule has 0 aromatic heterocycles. The van der Waals surface area contributed by atoms with E-state index in [0.29, 0.717) is 0 Å². The lowest BCUT2D eigenvalue weighted by Crippen LogP contribution is -2.23. The number of rotatable bonds is 4. The van der Waals surface area contributed by atoms with Crippen molar-refractivity contribution in [1.29, 1.82) is 0 Å². The highest BCUT2D eigenvalue weighted by Gasteiger charge is 2.10. The van der Waals surface area contributed by atoms with Crippen LogP contribution in [0.3, 0.4) is 0 Å². The molecule has 3 nitrogen and oxygen atoms in total. The smallest absolute Gasteiger partial charge is 0.219 e. The summed E-state index contributed by atoms with van der Waals surface area (Å²) < 4.78 is 0. The second-order valence-electron chi connectivity index (χ2n) is 9.23. The van der Waals surface area contributed by atoms with Crippen LogP contribution in [0.4, 0.5) is 0 Å². The van der Waals surface area contributed by atoms with Crippen molar-refractivity contribution in [1.82, 2.24) is 10.2 Å². The van der Waals surface area contributed by atoms with Crippen LogP contribution in [0.2, 0.25) is 0 Å². The minimum absolute atomic E-state index is 0.125. The Balaban J connectivity index is 0.000000179. The number of carbonyl (C=O) groups is 1. The van der Waals surface area contributed by atoms with Gasteiger partial charge in [-0.1, -0.05) is 49.2 Å². The molecule has 31 heavy (non-hydrogen) atoms. The Bertz CT molecular complexity index is 858. The van der Waals surface area contributed by atoms with Crippen LogP contribution in [-0.2, 0) is 43.6 Å². The van der Waals surface area contributed by atoms with E-state index in [1.807, 2.05) is 14.1 Å². The summed E-state index contributed by atoms with van der Waals surface area (Å²) in [6, 6.07) is 13.7.